The Hall–Kier alpha value is -2.06. The molecule has 0 fully saturated rings. The third-order valence-corrected chi connectivity index (χ3v) is 3.10. The van der Waals surface area contributed by atoms with Crippen molar-refractivity contribution in [1.82, 2.24) is 0 Å². The van der Waals surface area contributed by atoms with Crippen molar-refractivity contribution in [1.29, 1.82) is 5.26 Å². The van der Waals surface area contributed by atoms with Crippen molar-refractivity contribution in [2.75, 3.05) is 13.2 Å². The molecule has 21 heavy (non-hydrogen) atoms. The van der Waals surface area contributed by atoms with Crippen LogP contribution < -0.4 is 9.47 Å². The molecule has 0 bridgehead atoms. The standard InChI is InChI=1S/C16H13BrFNO2/c17-13-8-14(18)10-16(9-13)21-7-1-6-20-15-4-2-12(11-19)3-5-15/h2-5,8-10H,1,6-7H2. The topological polar surface area (TPSA) is 42.2 Å². The smallest absolute Gasteiger partial charge is 0.128 e. The lowest BCUT2D eigenvalue weighted by Gasteiger charge is -2.08. The van der Waals surface area contributed by atoms with Gasteiger partial charge in [0.1, 0.15) is 17.3 Å². The Morgan fingerprint density at radius 3 is 2.29 bits per heavy atom. The maximum Gasteiger partial charge on any atom is 0.128 e. The molecule has 0 saturated heterocycles. The van der Waals surface area contributed by atoms with Crippen molar-refractivity contribution in [3.05, 3.63) is 58.3 Å². The monoisotopic (exact) mass is 349 g/mol. The van der Waals surface area contributed by atoms with E-state index in [1.165, 1.54) is 12.1 Å². The third kappa shape index (κ3) is 5.09. The second kappa shape index (κ2) is 7.65. The first-order valence-electron chi connectivity index (χ1n) is 6.39. The summed E-state index contributed by atoms with van der Waals surface area (Å²) in [5.41, 5.74) is 0.599. The molecule has 0 saturated carbocycles. The van der Waals surface area contributed by atoms with Crippen LogP contribution >= 0.6 is 15.9 Å². The molecule has 0 unspecified atom stereocenters. The molecule has 0 amide bonds. The van der Waals surface area contributed by atoms with Gasteiger partial charge in [-0.1, -0.05) is 15.9 Å². The number of nitriles is 1. The fourth-order valence-corrected chi connectivity index (χ4v) is 2.12. The summed E-state index contributed by atoms with van der Waals surface area (Å²) in [6.45, 7) is 0.925. The zero-order chi connectivity index (χ0) is 15.1. The highest BCUT2D eigenvalue weighted by molar-refractivity contribution is 9.10. The van der Waals surface area contributed by atoms with E-state index in [4.69, 9.17) is 14.7 Å². The predicted octanol–water partition coefficient (Wildman–Crippen LogP) is 4.31. The van der Waals surface area contributed by atoms with E-state index in [2.05, 4.69) is 15.9 Å². The lowest BCUT2D eigenvalue weighted by atomic mass is 10.2. The lowest BCUT2D eigenvalue weighted by Crippen LogP contribution is -2.05. The summed E-state index contributed by atoms with van der Waals surface area (Å²) in [5.74, 6) is 0.857. The van der Waals surface area contributed by atoms with Crippen molar-refractivity contribution in [3.63, 3.8) is 0 Å². The van der Waals surface area contributed by atoms with Crippen LogP contribution in [0.5, 0.6) is 11.5 Å². The molecule has 2 aromatic carbocycles. The molecular weight excluding hydrogens is 337 g/mol. The highest BCUT2D eigenvalue weighted by Gasteiger charge is 2.00. The van der Waals surface area contributed by atoms with Crippen molar-refractivity contribution in [2.45, 2.75) is 6.42 Å². The molecule has 2 aromatic rings. The van der Waals surface area contributed by atoms with Crippen LogP contribution in [0.4, 0.5) is 4.39 Å². The van der Waals surface area contributed by atoms with Gasteiger partial charge in [0, 0.05) is 17.0 Å². The number of hydrogen-bond donors (Lipinski definition) is 0. The second-order valence-electron chi connectivity index (χ2n) is 4.29. The van der Waals surface area contributed by atoms with Crippen LogP contribution in [0.1, 0.15) is 12.0 Å². The molecule has 0 aliphatic carbocycles. The van der Waals surface area contributed by atoms with Gasteiger partial charge < -0.3 is 9.47 Å². The van der Waals surface area contributed by atoms with Crippen molar-refractivity contribution in [2.24, 2.45) is 0 Å². The van der Waals surface area contributed by atoms with E-state index in [0.29, 0.717) is 41.2 Å². The Labute approximate surface area is 131 Å². The maximum absolute atomic E-state index is 13.1. The summed E-state index contributed by atoms with van der Waals surface area (Å²) in [4.78, 5) is 0. The van der Waals surface area contributed by atoms with E-state index in [1.54, 1.807) is 30.3 Å². The summed E-state index contributed by atoms with van der Waals surface area (Å²) in [5, 5.41) is 8.68. The fraction of sp³-hybridized carbons (Fsp3) is 0.188. The Balaban J connectivity index is 1.71. The van der Waals surface area contributed by atoms with Crippen LogP contribution in [0.3, 0.4) is 0 Å². The zero-order valence-electron chi connectivity index (χ0n) is 11.2. The third-order valence-electron chi connectivity index (χ3n) is 2.65. The number of benzene rings is 2. The average molecular weight is 350 g/mol. The van der Waals surface area contributed by atoms with Crippen LogP contribution in [0.25, 0.3) is 0 Å². The number of nitrogens with zero attached hydrogens (tertiary/aromatic N) is 1. The average Bonchev–Trinajstić information content (AvgIpc) is 2.46. The minimum atomic E-state index is -0.340. The maximum atomic E-state index is 13.1. The lowest BCUT2D eigenvalue weighted by molar-refractivity contribution is 0.247. The van der Waals surface area contributed by atoms with Crippen LogP contribution in [0, 0.1) is 17.1 Å². The minimum absolute atomic E-state index is 0.340. The van der Waals surface area contributed by atoms with E-state index in [1.807, 2.05) is 6.07 Å². The van der Waals surface area contributed by atoms with Gasteiger partial charge in [-0.25, -0.2) is 4.39 Å². The van der Waals surface area contributed by atoms with Gasteiger partial charge in [0.25, 0.3) is 0 Å². The zero-order valence-corrected chi connectivity index (χ0v) is 12.8. The molecular formula is C16H13BrFNO2. The molecule has 0 heterocycles. The summed E-state index contributed by atoms with van der Waals surface area (Å²) in [6, 6.07) is 13.4. The predicted molar refractivity (Wildman–Crippen MR) is 80.9 cm³/mol. The highest BCUT2D eigenvalue weighted by atomic mass is 79.9. The van der Waals surface area contributed by atoms with Crippen molar-refractivity contribution >= 4 is 15.9 Å². The molecule has 0 aliphatic heterocycles. The molecule has 0 aliphatic rings. The molecule has 2 rings (SSSR count). The van der Waals surface area contributed by atoms with E-state index in [9.17, 15) is 4.39 Å². The number of rotatable bonds is 6. The summed E-state index contributed by atoms with van der Waals surface area (Å²) in [6.07, 6.45) is 0.675. The van der Waals surface area contributed by atoms with Gasteiger partial charge in [-0.05, 0) is 36.4 Å². The second-order valence-corrected chi connectivity index (χ2v) is 5.21. The molecule has 0 radical (unpaired) electrons. The number of ether oxygens (including phenoxy) is 2. The van der Waals surface area contributed by atoms with E-state index in [-0.39, 0.29) is 5.82 Å². The first-order chi connectivity index (χ1) is 10.2. The molecule has 0 spiro atoms. The van der Waals surface area contributed by atoms with Gasteiger partial charge >= 0.3 is 0 Å². The Morgan fingerprint density at radius 2 is 1.67 bits per heavy atom. The Morgan fingerprint density at radius 1 is 1.00 bits per heavy atom. The Bertz CT molecular complexity index is 617. The number of hydrogen-bond acceptors (Lipinski definition) is 3. The van der Waals surface area contributed by atoms with Crippen molar-refractivity contribution < 1.29 is 13.9 Å². The van der Waals surface area contributed by atoms with Gasteiger partial charge in [0.15, 0.2) is 0 Å². The Kier molecular flexibility index (Phi) is 5.59. The van der Waals surface area contributed by atoms with E-state index >= 15 is 0 Å². The number of halogens is 2. The van der Waals surface area contributed by atoms with Crippen LogP contribution in [0.15, 0.2) is 46.9 Å². The van der Waals surface area contributed by atoms with Crippen molar-refractivity contribution in [3.8, 4) is 17.6 Å². The first kappa shape index (κ1) is 15.3. The highest BCUT2D eigenvalue weighted by Crippen LogP contribution is 2.20. The first-order valence-corrected chi connectivity index (χ1v) is 7.18. The fourth-order valence-electron chi connectivity index (χ4n) is 1.68. The van der Waals surface area contributed by atoms with Gasteiger partial charge in [0.2, 0.25) is 0 Å². The normalized spacial score (nSPS) is 9.95. The van der Waals surface area contributed by atoms with Crippen LogP contribution in [-0.4, -0.2) is 13.2 Å². The van der Waals surface area contributed by atoms with E-state index in [0.717, 1.165) is 0 Å². The molecule has 0 atom stereocenters. The van der Waals surface area contributed by atoms with Gasteiger partial charge in [-0.3, -0.25) is 0 Å². The van der Waals surface area contributed by atoms with Crippen LogP contribution in [-0.2, 0) is 0 Å². The van der Waals surface area contributed by atoms with Gasteiger partial charge in [0.05, 0.1) is 24.8 Å². The molecule has 3 nitrogen and oxygen atoms in total. The molecule has 0 aromatic heterocycles. The van der Waals surface area contributed by atoms with Gasteiger partial charge in [-0.15, -0.1) is 0 Å². The van der Waals surface area contributed by atoms with Crippen LogP contribution in [0.2, 0.25) is 0 Å². The quantitative estimate of drug-likeness (QED) is 0.729. The molecule has 5 heteroatoms. The largest absolute Gasteiger partial charge is 0.493 e. The molecule has 0 N–H and O–H groups in total. The SMILES string of the molecule is N#Cc1ccc(OCCCOc2cc(F)cc(Br)c2)cc1. The molecule has 108 valence electrons. The minimum Gasteiger partial charge on any atom is -0.493 e. The summed E-state index contributed by atoms with van der Waals surface area (Å²) in [7, 11) is 0. The van der Waals surface area contributed by atoms with E-state index < -0.39 is 0 Å². The summed E-state index contributed by atoms with van der Waals surface area (Å²) >= 11 is 3.21. The summed E-state index contributed by atoms with van der Waals surface area (Å²) < 4.78 is 24.7. The van der Waals surface area contributed by atoms with Gasteiger partial charge in [-0.2, -0.15) is 5.26 Å².